The highest BCUT2D eigenvalue weighted by Crippen LogP contribution is 2.26. The van der Waals surface area contributed by atoms with Crippen molar-refractivity contribution in [1.29, 1.82) is 0 Å². The van der Waals surface area contributed by atoms with Gasteiger partial charge in [-0.05, 0) is 59.5 Å². The molecule has 3 heteroatoms. The van der Waals surface area contributed by atoms with Crippen LogP contribution >= 0.6 is 34.2 Å². The van der Waals surface area contributed by atoms with Gasteiger partial charge in [0.15, 0.2) is 0 Å². The van der Waals surface area contributed by atoms with E-state index in [9.17, 15) is 0 Å². The summed E-state index contributed by atoms with van der Waals surface area (Å²) in [6.07, 6.45) is 3.57. The van der Waals surface area contributed by atoms with Crippen molar-refractivity contribution < 1.29 is 0 Å². The first-order valence-electron chi connectivity index (χ1n) is 6.28. The Morgan fingerprint density at radius 1 is 1.29 bits per heavy atom. The maximum Gasteiger partial charge on any atom is 0.0648 e. The van der Waals surface area contributed by atoms with E-state index in [0.717, 1.165) is 23.0 Å². The fourth-order valence-corrected chi connectivity index (χ4v) is 2.72. The van der Waals surface area contributed by atoms with Gasteiger partial charge in [0.05, 0.1) is 10.7 Å². The van der Waals surface area contributed by atoms with Crippen molar-refractivity contribution in [1.82, 2.24) is 0 Å². The molecule has 0 radical (unpaired) electrons. The van der Waals surface area contributed by atoms with Crippen LogP contribution < -0.4 is 5.32 Å². The molecular weight excluding hydrogens is 345 g/mol. The number of hydrogen-bond acceptors (Lipinski definition) is 1. The Bertz CT molecular complexity index is 354. The summed E-state index contributed by atoms with van der Waals surface area (Å²) in [6, 6.07) is 6.68. The maximum absolute atomic E-state index is 6.23. The molecular formula is C14H21ClIN. The lowest BCUT2D eigenvalue weighted by atomic mass is 9.97. The highest BCUT2D eigenvalue weighted by atomic mass is 127. The van der Waals surface area contributed by atoms with E-state index >= 15 is 0 Å². The van der Waals surface area contributed by atoms with Crippen molar-refractivity contribution in [3.05, 3.63) is 26.8 Å². The van der Waals surface area contributed by atoms with Gasteiger partial charge in [-0.2, -0.15) is 0 Å². The first-order valence-corrected chi connectivity index (χ1v) is 7.74. The minimum absolute atomic E-state index is 0.516. The van der Waals surface area contributed by atoms with Crippen molar-refractivity contribution in [2.24, 2.45) is 5.92 Å². The van der Waals surface area contributed by atoms with Crippen LogP contribution in [0.5, 0.6) is 0 Å². The van der Waals surface area contributed by atoms with E-state index in [-0.39, 0.29) is 0 Å². The summed E-state index contributed by atoms with van der Waals surface area (Å²) in [5, 5.41) is 4.37. The van der Waals surface area contributed by atoms with Crippen molar-refractivity contribution in [2.45, 2.75) is 46.1 Å². The third-order valence-electron chi connectivity index (χ3n) is 3.17. The molecule has 0 amide bonds. The average Bonchev–Trinajstić information content (AvgIpc) is 2.31. The van der Waals surface area contributed by atoms with Crippen LogP contribution in [0.25, 0.3) is 0 Å². The topological polar surface area (TPSA) is 12.0 Å². The van der Waals surface area contributed by atoms with Gasteiger partial charge >= 0.3 is 0 Å². The summed E-state index contributed by atoms with van der Waals surface area (Å²) < 4.78 is 1.17. The second-order valence-corrected chi connectivity index (χ2v) is 6.28. The van der Waals surface area contributed by atoms with E-state index < -0.39 is 0 Å². The van der Waals surface area contributed by atoms with Crippen LogP contribution in [0.1, 0.15) is 40.0 Å². The predicted octanol–water partition coefficient (Wildman–Crippen LogP) is 5.57. The van der Waals surface area contributed by atoms with Gasteiger partial charge in [-0.1, -0.05) is 38.8 Å². The fourth-order valence-electron chi connectivity index (χ4n) is 1.81. The number of halogens is 2. The first kappa shape index (κ1) is 15.1. The maximum atomic E-state index is 6.23. The highest BCUT2D eigenvalue weighted by molar-refractivity contribution is 14.1. The molecule has 0 heterocycles. The molecule has 96 valence electrons. The second kappa shape index (κ2) is 7.47. The quantitative estimate of drug-likeness (QED) is 0.650. The molecule has 1 aromatic carbocycles. The van der Waals surface area contributed by atoms with Crippen LogP contribution in [0.2, 0.25) is 5.02 Å². The smallest absolute Gasteiger partial charge is 0.0648 e. The SMILES string of the molecule is CCC(C)CC(CC)Nc1ccc(I)cc1Cl. The Kier molecular flexibility index (Phi) is 6.63. The zero-order valence-electron chi connectivity index (χ0n) is 10.8. The van der Waals surface area contributed by atoms with E-state index in [1.807, 2.05) is 6.07 Å². The van der Waals surface area contributed by atoms with Gasteiger partial charge in [0.25, 0.3) is 0 Å². The van der Waals surface area contributed by atoms with Crippen molar-refractivity contribution in [2.75, 3.05) is 5.32 Å². The summed E-state index contributed by atoms with van der Waals surface area (Å²) in [5.74, 6) is 0.759. The molecule has 0 aliphatic rings. The molecule has 0 aromatic heterocycles. The summed E-state index contributed by atoms with van der Waals surface area (Å²) in [6.45, 7) is 6.77. The van der Waals surface area contributed by atoms with Crippen LogP contribution in [0.4, 0.5) is 5.69 Å². The molecule has 1 N–H and O–H groups in total. The Morgan fingerprint density at radius 2 is 2.00 bits per heavy atom. The Morgan fingerprint density at radius 3 is 2.53 bits per heavy atom. The zero-order chi connectivity index (χ0) is 12.8. The van der Waals surface area contributed by atoms with E-state index in [2.05, 4.69) is 60.8 Å². The Hall–Kier alpha value is 0.0400. The molecule has 1 nitrogen and oxygen atoms in total. The van der Waals surface area contributed by atoms with Gasteiger partial charge in [0.1, 0.15) is 0 Å². The van der Waals surface area contributed by atoms with Crippen LogP contribution in [0.15, 0.2) is 18.2 Å². The van der Waals surface area contributed by atoms with Crippen LogP contribution in [0.3, 0.4) is 0 Å². The van der Waals surface area contributed by atoms with Crippen LogP contribution in [0, 0.1) is 9.49 Å². The molecule has 0 aliphatic carbocycles. The molecule has 1 rings (SSSR count). The molecule has 0 bridgehead atoms. The van der Waals surface area contributed by atoms with Gasteiger partial charge in [-0.25, -0.2) is 0 Å². The molecule has 0 spiro atoms. The van der Waals surface area contributed by atoms with Crippen LogP contribution in [-0.4, -0.2) is 6.04 Å². The van der Waals surface area contributed by atoms with E-state index in [4.69, 9.17) is 11.6 Å². The third-order valence-corrected chi connectivity index (χ3v) is 4.15. The summed E-state index contributed by atoms with van der Waals surface area (Å²) in [7, 11) is 0. The number of benzene rings is 1. The highest BCUT2D eigenvalue weighted by Gasteiger charge is 2.11. The van der Waals surface area contributed by atoms with Gasteiger partial charge in [-0.3, -0.25) is 0 Å². The molecule has 17 heavy (non-hydrogen) atoms. The number of rotatable bonds is 6. The molecule has 0 fully saturated rings. The lowest BCUT2D eigenvalue weighted by Crippen LogP contribution is -2.21. The number of hydrogen-bond donors (Lipinski definition) is 1. The molecule has 2 unspecified atom stereocenters. The summed E-state index contributed by atoms with van der Waals surface area (Å²) in [5.41, 5.74) is 1.06. The third kappa shape index (κ3) is 5.04. The zero-order valence-corrected chi connectivity index (χ0v) is 13.7. The van der Waals surface area contributed by atoms with E-state index in [0.29, 0.717) is 6.04 Å². The van der Waals surface area contributed by atoms with Crippen molar-refractivity contribution in [3.8, 4) is 0 Å². The molecule has 1 aromatic rings. The van der Waals surface area contributed by atoms with Crippen LogP contribution in [-0.2, 0) is 0 Å². The average molecular weight is 366 g/mol. The minimum Gasteiger partial charge on any atom is -0.381 e. The van der Waals surface area contributed by atoms with E-state index in [1.54, 1.807) is 0 Å². The minimum atomic E-state index is 0.516. The predicted molar refractivity (Wildman–Crippen MR) is 85.9 cm³/mol. The molecule has 0 aliphatic heterocycles. The monoisotopic (exact) mass is 365 g/mol. The summed E-state index contributed by atoms with van der Waals surface area (Å²) >= 11 is 8.51. The van der Waals surface area contributed by atoms with Crippen molar-refractivity contribution in [3.63, 3.8) is 0 Å². The Labute approximate surface area is 123 Å². The van der Waals surface area contributed by atoms with Gasteiger partial charge < -0.3 is 5.32 Å². The number of anilines is 1. The fraction of sp³-hybridized carbons (Fsp3) is 0.571. The van der Waals surface area contributed by atoms with Gasteiger partial charge in [-0.15, -0.1) is 0 Å². The lowest BCUT2D eigenvalue weighted by molar-refractivity contribution is 0.462. The van der Waals surface area contributed by atoms with E-state index in [1.165, 1.54) is 16.4 Å². The van der Waals surface area contributed by atoms with Gasteiger partial charge in [0.2, 0.25) is 0 Å². The first-order chi connectivity index (χ1) is 8.06. The Balaban J connectivity index is 2.67. The lowest BCUT2D eigenvalue weighted by Gasteiger charge is -2.22. The summed E-state index contributed by atoms with van der Waals surface area (Å²) in [4.78, 5) is 0. The molecule has 2 atom stereocenters. The molecule has 0 saturated heterocycles. The largest absolute Gasteiger partial charge is 0.381 e. The van der Waals surface area contributed by atoms with Gasteiger partial charge in [0, 0.05) is 9.61 Å². The standard InChI is InChI=1S/C14H21ClIN/c1-4-10(3)8-12(5-2)17-14-7-6-11(16)9-13(14)15/h6-7,9-10,12,17H,4-5,8H2,1-3H3. The molecule has 0 saturated carbocycles. The number of nitrogens with one attached hydrogen (secondary N) is 1. The second-order valence-electron chi connectivity index (χ2n) is 4.62. The normalized spacial score (nSPS) is 14.4. The van der Waals surface area contributed by atoms with Crippen molar-refractivity contribution >= 4 is 39.9 Å².